The first-order valence-corrected chi connectivity index (χ1v) is 3.30. The zero-order valence-electron chi connectivity index (χ0n) is 5.75. The van der Waals surface area contributed by atoms with Gasteiger partial charge in [-0.15, -0.1) is 0 Å². The van der Waals surface area contributed by atoms with Crippen LogP contribution in [0.3, 0.4) is 0 Å². The van der Waals surface area contributed by atoms with Gasteiger partial charge in [-0.1, -0.05) is 17.3 Å². The number of fused-ring (bicyclic) bond motifs is 1. The van der Waals surface area contributed by atoms with Gasteiger partial charge in [0.25, 0.3) is 0 Å². The van der Waals surface area contributed by atoms with Crippen molar-refractivity contribution in [3.8, 4) is 0 Å². The molecule has 0 radical (unpaired) electrons. The topological polar surface area (TPSA) is 26.0 Å². The molecule has 0 aliphatic carbocycles. The Morgan fingerprint density at radius 1 is 1.45 bits per heavy atom. The molecule has 0 aliphatic heterocycles. The van der Waals surface area contributed by atoms with E-state index in [0.29, 0.717) is 11.1 Å². The Labute approximate surface area is 62.6 Å². The number of alkyl halides is 1. The number of aromatic nitrogens is 1. The molecule has 1 aromatic heterocycles. The van der Waals surface area contributed by atoms with E-state index in [0.717, 1.165) is 5.39 Å². The maximum atomic E-state index is 12.3. The third kappa shape index (κ3) is 0.888. The fraction of sp³-hybridized carbons (Fsp3) is 0.125. The maximum Gasteiger partial charge on any atom is 0.167 e. The van der Waals surface area contributed by atoms with Gasteiger partial charge < -0.3 is 4.52 Å². The minimum absolute atomic E-state index is 0.474. The average Bonchev–Trinajstić information content (AvgIpc) is 2.50. The Kier molecular flexibility index (Phi) is 1.35. The van der Waals surface area contributed by atoms with Gasteiger partial charge in [-0.05, 0) is 11.6 Å². The summed E-state index contributed by atoms with van der Waals surface area (Å²) < 4.78 is 17.1. The van der Waals surface area contributed by atoms with Crippen molar-refractivity contribution in [2.75, 3.05) is 0 Å². The van der Waals surface area contributed by atoms with E-state index in [4.69, 9.17) is 4.52 Å². The summed E-state index contributed by atoms with van der Waals surface area (Å²) in [6, 6.07) is 5.24. The normalized spacial score (nSPS) is 10.6. The van der Waals surface area contributed by atoms with Crippen LogP contribution in [0.5, 0.6) is 0 Å². The Balaban J connectivity index is 2.79. The molecule has 56 valence electrons. The van der Waals surface area contributed by atoms with Crippen molar-refractivity contribution in [2.45, 2.75) is 6.67 Å². The minimum atomic E-state index is -0.474. The highest BCUT2D eigenvalue weighted by Crippen LogP contribution is 2.18. The van der Waals surface area contributed by atoms with Crippen molar-refractivity contribution in [3.05, 3.63) is 30.0 Å². The molecule has 0 saturated heterocycles. The first kappa shape index (κ1) is 6.34. The van der Waals surface area contributed by atoms with Gasteiger partial charge in [0, 0.05) is 5.39 Å². The lowest BCUT2D eigenvalue weighted by molar-refractivity contribution is 0.456. The van der Waals surface area contributed by atoms with E-state index in [9.17, 15) is 4.39 Å². The molecule has 3 heteroatoms. The second-order valence-electron chi connectivity index (χ2n) is 2.29. The molecule has 0 fully saturated rings. The summed E-state index contributed by atoms with van der Waals surface area (Å²) in [5, 5.41) is 4.33. The van der Waals surface area contributed by atoms with E-state index in [2.05, 4.69) is 5.16 Å². The van der Waals surface area contributed by atoms with E-state index in [-0.39, 0.29) is 0 Å². The molecular weight excluding hydrogens is 145 g/mol. The van der Waals surface area contributed by atoms with Crippen molar-refractivity contribution < 1.29 is 8.91 Å². The van der Waals surface area contributed by atoms with Crippen molar-refractivity contribution >= 4 is 11.0 Å². The number of hydrogen-bond acceptors (Lipinski definition) is 2. The first-order valence-electron chi connectivity index (χ1n) is 3.30. The first-order chi connectivity index (χ1) is 5.42. The van der Waals surface area contributed by atoms with Crippen LogP contribution in [0, 0.1) is 0 Å². The standard InChI is InChI=1S/C8H6FNO/c9-4-6-2-1-3-8-7(6)5-10-11-8/h1-3,5H,4H2. The van der Waals surface area contributed by atoms with Crippen LogP contribution < -0.4 is 0 Å². The third-order valence-electron chi connectivity index (χ3n) is 1.63. The van der Waals surface area contributed by atoms with E-state index in [1.54, 1.807) is 18.2 Å². The SMILES string of the molecule is FCc1cccc2oncc12. The highest BCUT2D eigenvalue weighted by Gasteiger charge is 2.02. The molecule has 2 aromatic rings. The van der Waals surface area contributed by atoms with Crippen LogP contribution in [0.2, 0.25) is 0 Å². The predicted octanol–water partition coefficient (Wildman–Crippen LogP) is 2.30. The third-order valence-corrected chi connectivity index (χ3v) is 1.63. The highest BCUT2D eigenvalue weighted by atomic mass is 19.1. The van der Waals surface area contributed by atoms with Gasteiger partial charge in [-0.2, -0.15) is 0 Å². The number of nitrogens with zero attached hydrogens (tertiary/aromatic N) is 1. The molecule has 0 amide bonds. The van der Waals surface area contributed by atoms with Crippen LogP contribution >= 0.6 is 0 Å². The summed E-state index contributed by atoms with van der Waals surface area (Å²) in [6.07, 6.45) is 1.53. The Hall–Kier alpha value is -1.38. The van der Waals surface area contributed by atoms with E-state index in [1.807, 2.05) is 0 Å². The quantitative estimate of drug-likeness (QED) is 0.625. The molecule has 0 N–H and O–H groups in total. The van der Waals surface area contributed by atoms with Crippen molar-refractivity contribution in [1.82, 2.24) is 5.16 Å². The largest absolute Gasteiger partial charge is 0.356 e. The monoisotopic (exact) mass is 151 g/mol. The Bertz CT molecular complexity index is 369. The minimum Gasteiger partial charge on any atom is -0.356 e. The van der Waals surface area contributed by atoms with Gasteiger partial charge in [0.2, 0.25) is 0 Å². The van der Waals surface area contributed by atoms with E-state index >= 15 is 0 Å². The fourth-order valence-corrected chi connectivity index (χ4v) is 1.07. The molecule has 0 aliphatic rings. The lowest BCUT2D eigenvalue weighted by atomic mass is 10.1. The summed E-state index contributed by atoms with van der Waals surface area (Å²) in [6.45, 7) is -0.474. The number of rotatable bonds is 1. The van der Waals surface area contributed by atoms with Crippen LogP contribution in [0.1, 0.15) is 5.56 Å². The lowest BCUT2D eigenvalue weighted by Gasteiger charge is -1.92. The van der Waals surface area contributed by atoms with Crippen LogP contribution in [0.25, 0.3) is 11.0 Å². The molecule has 0 atom stereocenters. The predicted molar refractivity (Wildman–Crippen MR) is 38.8 cm³/mol. The molecule has 1 aromatic carbocycles. The van der Waals surface area contributed by atoms with Gasteiger partial charge in [-0.3, -0.25) is 0 Å². The van der Waals surface area contributed by atoms with Gasteiger partial charge >= 0.3 is 0 Å². The molecular formula is C8H6FNO. The fourth-order valence-electron chi connectivity index (χ4n) is 1.07. The maximum absolute atomic E-state index is 12.3. The summed E-state index contributed by atoms with van der Waals surface area (Å²) in [5.41, 5.74) is 1.27. The molecule has 11 heavy (non-hydrogen) atoms. The number of benzene rings is 1. The molecule has 1 heterocycles. The van der Waals surface area contributed by atoms with Crippen LogP contribution in [-0.2, 0) is 6.67 Å². The van der Waals surface area contributed by atoms with Crippen LogP contribution in [-0.4, -0.2) is 5.16 Å². The lowest BCUT2D eigenvalue weighted by Crippen LogP contribution is -1.77. The van der Waals surface area contributed by atoms with Gasteiger partial charge in [-0.25, -0.2) is 4.39 Å². The van der Waals surface area contributed by atoms with E-state index < -0.39 is 6.67 Å². The summed E-state index contributed by atoms with van der Waals surface area (Å²) in [5.74, 6) is 0. The Morgan fingerprint density at radius 2 is 2.36 bits per heavy atom. The zero-order chi connectivity index (χ0) is 7.68. The Morgan fingerprint density at radius 3 is 3.18 bits per heavy atom. The second kappa shape index (κ2) is 2.34. The highest BCUT2D eigenvalue weighted by molar-refractivity contribution is 5.79. The number of hydrogen-bond donors (Lipinski definition) is 0. The molecule has 0 saturated carbocycles. The molecule has 0 spiro atoms. The molecule has 0 unspecified atom stereocenters. The van der Waals surface area contributed by atoms with Gasteiger partial charge in [0.05, 0.1) is 6.20 Å². The van der Waals surface area contributed by atoms with E-state index in [1.165, 1.54) is 6.20 Å². The smallest absolute Gasteiger partial charge is 0.167 e. The van der Waals surface area contributed by atoms with Gasteiger partial charge in [0.1, 0.15) is 6.67 Å². The van der Waals surface area contributed by atoms with Crippen LogP contribution in [0.4, 0.5) is 4.39 Å². The number of halogens is 1. The molecule has 0 bridgehead atoms. The molecule has 2 nitrogen and oxygen atoms in total. The summed E-state index contributed by atoms with van der Waals surface area (Å²) >= 11 is 0. The van der Waals surface area contributed by atoms with Crippen molar-refractivity contribution in [3.63, 3.8) is 0 Å². The summed E-state index contributed by atoms with van der Waals surface area (Å²) in [7, 11) is 0. The average molecular weight is 151 g/mol. The van der Waals surface area contributed by atoms with Crippen molar-refractivity contribution in [1.29, 1.82) is 0 Å². The zero-order valence-corrected chi connectivity index (χ0v) is 5.75. The van der Waals surface area contributed by atoms with Crippen LogP contribution in [0.15, 0.2) is 28.9 Å². The second-order valence-corrected chi connectivity index (χ2v) is 2.29. The van der Waals surface area contributed by atoms with Crippen molar-refractivity contribution in [2.24, 2.45) is 0 Å². The molecule has 2 rings (SSSR count). The van der Waals surface area contributed by atoms with Gasteiger partial charge in [0.15, 0.2) is 5.58 Å². The summed E-state index contributed by atoms with van der Waals surface area (Å²) in [4.78, 5) is 0.